The van der Waals surface area contributed by atoms with E-state index in [1.165, 1.54) is 5.70 Å². The van der Waals surface area contributed by atoms with Crippen LogP contribution in [0.15, 0.2) is 23.9 Å². The van der Waals surface area contributed by atoms with E-state index in [0.29, 0.717) is 6.04 Å². The van der Waals surface area contributed by atoms with Crippen LogP contribution in [0.3, 0.4) is 0 Å². The van der Waals surface area contributed by atoms with Gasteiger partial charge in [0.1, 0.15) is 0 Å². The third-order valence-electron chi connectivity index (χ3n) is 3.70. The van der Waals surface area contributed by atoms with Gasteiger partial charge in [-0.25, -0.2) is 0 Å². The fraction of sp³-hybridized carbons (Fsp3) is 0.692. The molecule has 2 rings (SSSR count). The number of nitrogens with zero attached hydrogens (tertiary/aromatic N) is 2. The summed E-state index contributed by atoms with van der Waals surface area (Å²) in [6.07, 6.45) is 8.41. The van der Waals surface area contributed by atoms with E-state index in [2.05, 4.69) is 35.1 Å². The van der Waals surface area contributed by atoms with Crippen LogP contribution in [0.2, 0.25) is 0 Å². The molecule has 0 aromatic rings. The first kappa shape index (κ1) is 11.7. The van der Waals surface area contributed by atoms with Crippen molar-refractivity contribution in [2.24, 2.45) is 5.92 Å². The minimum atomic E-state index is -0.199. The Bertz CT molecular complexity index is 309. The first-order valence-corrected chi connectivity index (χ1v) is 6.05. The lowest BCUT2D eigenvalue weighted by atomic mass is 9.87. The Labute approximate surface area is 98.0 Å². The number of fused-ring (bicyclic) bond motifs is 1. The summed E-state index contributed by atoms with van der Waals surface area (Å²) in [6, 6.07) is 0.362. The Kier molecular flexibility index (Phi) is 3.36. The number of likely N-dealkylation sites (tertiary alicyclic amines) is 1. The molecular formula is C13H22N2O. The molecule has 0 aromatic carbocycles. The fourth-order valence-electron chi connectivity index (χ4n) is 2.65. The van der Waals surface area contributed by atoms with E-state index < -0.39 is 0 Å². The second-order valence-corrected chi connectivity index (χ2v) is 5.10. The van der Waals surface area contributed by atoms with Crippen molar-refractivity contribution in [2.75, 3.05) is 27.7 Å². The van der Waals surface area contributed by atoms with E-state index in [1.54, 1.807) is 0 Å². The van der Waals surface area contributed by atoms with Crippen LogP contribution in [0.25, 0.3) is 0 Å². The quantitative estimate of drug-likeness (QED) is 0.719. The van der Waals surface area contributed by atoms with Crippen LogP contribution in [0.5, 0.6) is 0 Å². The van der Waals surface area contributed by atoms with E-state index in [9.17, 15) is 5.11 Å². The monoisotopic (exact) mass is 222 g/mol. The summed E-state index contributed by atoms with van der Waals surface area (Å²) in [6.45, 7) is 1.08. The van der Waals surface area contributed by atoms with Gasteiger partial charge in [-0.3, -0.25) is 4.90 Å². The molecule has 1 heterocycles. The van der Waals surface area contributed by atoms with Gasteiger partial charge in [-0.05, 0) is 32.5 Å². The molecule has 16 heavy (non-hydrogen) atoms. The third kappa shape index (κ3) is 2.15. The highest BCUT2D eigenvalue weighted by Crippen LogP contribution is 2.29. The molecule has 0 aromatic heterocycles. The van der Waals surface area contributed by atoms with Crippen molar-refractivity contribution in [3.8, 4) is 0 Å². The van der Waals surface area contributed by atoms with Crippen molar-refractivity contribution in [1.82, 2.24) is 9.80 Å². The molecule has 3 unspecified atom stereocenters. The minimum absolute atomic E-state index is 0.199. The highest BCUT2D eigenvalue weighted by Gasteiger charge is 2.32. The molecule has 90 valence electrons. The lowest BCUT2D eigenvalue weighted by Crippen LogP contribution is -2.40. The second kappa shape index (κ2) is 4.60. The van der Waals surface area contributed by atoms with Crippen LogP contribution in [-0.4, -0.2) is 54.7 Å². The van der Waals surface area contributed by atoms with Crippen LogP contribution in [0.1, 0.15) is 12.8 Å². The maximum absolute atomic E-state index is 10.2. The zero-order chi connectivity index (χ0) is 11.7. The number of rotatable bonds is 1. The zero-order valence-corrected chi connectivity index (χ0v) is 10.4. The molecule has 0 amide bonds. The highest BCUT2D eigenvalue weighted by atomic mass is 16.3. The average Bonchev–Trinajstić information content (AvgIpc) is 2.40. The summed E-state index contributed by atoms with van der Waals surface area (Å²) in [5, 5.41) is 10.2. The van der Waals surface area contributed by atoms with Gasteiger partial charge in [0.2, 0.25) is 0 Å². The van der Waals surface area contributed by atoms with Crippen molar-refractivity contribution >= 4 is 0 Å². The van der Waals surface area contributed by atoms with Crippen molar-refractivity contribution in [3.63, 3.8) is 0 Å². The van der Waals surface area contributed by atoms with E-state index in [1.807, 2.05) is 14.1 Å². The Balaban J connectivity index is 2.24. The van der Waals surface area contributed by atoms with Gasteiger partial charge in [0, 0.05) is 31.8 Å². The van der Waals surface area contributed by atoms with Gasteiger partial charge < -0.3 is 10.0 Å². The molecule has 0 bridgehead atoms. The summed E-state index contributed by atoms with van der Waals surface area (Å²) in [5.74, 6) is 0.245. The molecule has 0 radical (unpaired) electrons. The third-order valence-corrected chi connectivity index (χ3v) is 3.70. The number of hydrogen-bond donors (Lipinski definition) is 1. The van der Waals surface area contributed by atoms with Gasteiger partial charge in [0.05, 0.1) is 6.10 Å². The van der Waals surface area contributed by atoms with Crippen LogP contribution < -0.4 is 0 Å². The van der Waals surface area contributed by atoms with E-state index in [4.69, 9.17) is 0 Å². The maximum atomic E-state index is 10.2. The molecule has 0 saturated carbocycles. The molecule has 1 saturated heterocycles. The Morgan fingerprint density at radius 2 is 2.19 bits per heavy atom. The highest BCUT2D eigenvalue weighted by molar-refractivity contribution is 5.27. The Morgan fingerprint density at radius 1 is 1.44 bits per heavy atom. The summed E-state index contributed by atoms with van der Waals surface area (Å²) in [7, 11) is 6.24. The van der Waals surface area contributed by atoms with Gasteiger partial charge in [-0.15, -0.1) is 0 Å². The second-order valence-electron chi connectivity index (χ2n) is 5.10. The van der Waals surface area contributed by atoms with Crippen LogP contribution >= 0.6 is 0 Å². The molecule has 1 N–H and O–H groups in total. The van der Waals surface area contributed by atoms with E-state index in [0.717, 1.165) is 19.4 Å². The molecule has 1 fully saturated rings. The minimum Gasteiger partial charge on any atom is -0.392 e. The largest absolute Gasteiger partial charge is 0.392 e. The van der Waals surface area contributed by atoms with E-state index >= 15 is 0 Å². The first-order valence-electron chi connectivity index (χ1n) is 6.05. The van der Waals surface area contributed by atoms with Gasteiger partial charge in [0.25, 0.3) is 0 Å². The molecule has 1 aliphatic heterocycles. The van der Waals surface area contributed by atoms with Crippen LogP contribution in [0, 0.1) is 5.92 Å². The smallest absolute Gasteiger partial charge is 0.0622 e. The number of hydrogen-bond acceptors (Lipinski definition) is 3. The SMILES string of the molecule is CN(C)C1=CC2C(O)CCCN(C)C2C=C1. The van der Waals surface area contributed by atoms with Crippen molar-refractivity contribution < 1.29 is 5.11 Å². The molecular weight excluding hydrogens is 200 g/mol. The average molecular weight is 222 g/mol. The van der Waals surface area contributed by atoms with Crippen molar-refractivity contribution in [2.45, 2.75) is 25.0 Å². The molecule has 0 spiro atoms. The summed E-state index contributed by atoms with van der Waals surface area (Å²) in [4.78, 5) is 4.45. The fourth-order valence-corrected chi connectivity index (χ4v) is 2.65. The number of aliphatic hydroxyl groups is 1. The molecule has 1 aliphatic carbocycles. The molecule has 3 atom stereocenters. The van der Waals surface area contributed by atoms with Gasteiger partial charge in [-0.1, -0.05) is 12.2 Å². The van der Waals surface area contributed by atoms with Gasteiger partial charge in [-0.2, -0.15) is 0 Å². The predicted molar refractivity (Wildman–Crippen MR) is 66.1 cm³/mol. The molecule has 2 aliphatic rings. The van der Waals surface area contributed by atoms with Gasteiger partial charge in [0.15, 0.2) is 0 Å². The number of allylic oxidation sites excluding steroid dienone is 1. The van der Waals surface area contributed by atoms with Gasteiger partial charge >= 0.3 is 0 Å². The van der Waals surface area contributed by atoms with Crippen LogP contribution in [-0.2, 0) is 0 Å². The van der Waals surface area contributed by atoms with E-state index in [-0.39, 0.29) is 12.0 Å². The first-order chi connectivity index (χ1) is 7.59. The lowest BCUT2D eigenvalue weighted by Gasteiger charge is -2.34. The topological polar surface area (TPSA) is 26.7 Å². The maximum Gasteiger partial charge on any atom is 0.0622 e. The standard InChI is InChI=1S/C13H22N2O/c1-14(2)10-6-7-12-11(9-10)13(16)5-4-8-15(12)3/h6-7,9,11-13,16H,4-5,8H2,1-3H3. The zero-order valence-electron chi connectivity index (χ0n) is 10.4. The summed E-state index contributed by atoms with van der Waals surface area (Å²) >= 11 is 0. The number of likely N-dealkylation sites (N-methyl/N-ethyl adjacent to an activating group) is 2. The van der Waals surface area contributed by atoms with Crippen molar-refractivity contribution in [3.05, 3.63) is 23.9 Å². The molecule has 3 heteroatoms. The summed E-state index contributed by atoms with van der Waals surface area (Å²) < 4.78 is 0. The Morgan fingerprint density at radius 3 is 2.88 bits per heavy atom. The number of aliphatic hydroxyl groups excluding tert-OH is 1. The normalized spacial score (nSPS) is 35.2. The molecule has 3 nitrogen and oxygen atoms in total. The predicted octanol–water partition coefficient (Wildman–Crippen LogP) is 1.07. The van der Waals surface area contributed by atoms with Crippen LogP contribution in [0.4, 0.5) is 0 Å². The summed E-state index contributed by atoms with van der Waals surface area (Å²) in [5.41, 5.74) is 1.20. The Hall–Kier alpha value is -0.800. The lowest BCUT2D eigenvalue weighted by molar-refractivity contribution is 0.102. The van der Waals surface area contributed by atoms with Crippen molar-refractivity contribution in [1.29, 1.82) is 0 Å².